The lowest BCUT2D eigenvalue weighted by Crippen LogP contribution is -2.23. The molecule has 1 unspecified atom stereocenters. The maximum absolute atomic E-state index is 12.9. The molecule has 0 fully saturated rings. The molecule has 0 saturated carbocycles. The third-order valence-corrected chi connectivity index (χ3v) is 3.79. The smallest absolute Gasteiger partial charge is 0.153 e. The van der Waals surface area contributed by atoms with E-state index in [-0.39, 0.29) is 5.82 Å². The van der Waals surface area contributed by atoms with Crippen molar-refractivity contribution >= 4 is 22.6 Å². The predicted molar refractivity (Wildman–Crippen MR) is 80.9 cm³/mol. The minimum absolute atomic E-state index is 0.297. The van der Waals surface area contributed by atoms with Gasteiger partial charge in [0.2, 0.25) is 0 Å². The van der Waals surface area contributed by atoms with E-state index >= 15 is 0 Å². The molecule has 3 aromatic rings. The van der Waals surface area contributed by atoms with Crippen LogP contribution in [0.1, 0.15) is 18.2 Å². The molecule has 0 aliphatic heterocycles. The molecule has 2 aromatic carbocycles. The van der Waals surface area contributed by atoms with Gasteiger partial charge in [0.1, 0.15) is 17.2 Å². The molecule has 4 heteroatoms. The molecule has 3 rings (SSSR count). The molecule has 108 valence electrons. The van der Waals surface area contributed by atoms with E-state index in [9.17, 15) is 9.50 Å². The second kappa shape index (κ2) is 5.17. The highest BCUT2D eigenvalue weighted by Crippen LogP contribution is 2.33. The first kappa shape index (κ1) is 14.1. The van der Waals surface area contributed by atoms with Gasteiger partial charge in [-0.25, -0.2) is 4.39 Å². The van der Waals surface area contributed by atoms with Crippen molar-refractivity contribution in [3.63, 3.8) is 0 Å². The Bertz CT molecular complexity index is 775. The summed E-state index contributed by atoms with van der Waals surface area (Å²) in [4.78, 5) is 0. The fourth-order valence-electron chi connectivity index (χ4n) is 2.38. The van der Waals surface area contributed by atoms with Crippen molar-refractivity contribution in [1.29, 1.82) is 0 Å². The SMILES string of the molecule is CC(O)(Cc1ccc(F)cc1)c1cc2cccc(Cl)c2o1. The van der Waals surface area contributed by atoms with Crippen LogP contribution in [0.15, 0.2) is 52.9 Å². The van der Waals surface area contributed by atoms with Gasteiger partial charge in [0.15, 0.2) is 5.58 Å². The Labute approximate surface area is 126 Å². The van der Waals surface area contributed by atoms with Crippen LogP contribution in [-0.4, -0.2) is 5.11 Å². The summed E-state index contributed by atoms with van der Waals surface area (Å²) in [5.41, 5.74) is 0.196. The third kappa shape index (κ3) is 2.80. The molecule has 1 N–H and O–H groups in total. The molecule has 0 aliphatic rings. The summed E-state index contributed by atoms with van der Waals surface area (Å²) in [6.45, 7) is 1.67. The van der Waals surface area contributed by atoms with Crippen LogP contribution in [0.4, 0.5) is 4.39 Å². The van der Waals surface area contributed by atoms with E-state index in [2.05, 4.69) is 0 Å². The van der Waals surface area contributed by atoms with Gasteiger partial charge in [-0.15, -0.1) is 0 Å². The Morgan fingerprint density at radius 3 is 2.57 bits per heavy atom. The molecule has 1 aromatic heterocycles. The Kier molecular flexibility index (Phi) is 3.47. The van der Waals surface area contributed by atoms with Gasteiger partial charge < -0.3 is 9.52 Å². The summed E-state index contributed by atoms with van der Waals surface area (Å²) < 4.78 is 18.6. The zero-order valence-corrected chi connectivity index (χ0v) is 12.2. The minimum atomic E-state index is -1.19. The number of para-hydroxylation sites is 1. The summed E-state index contributed by atoms with van der Waals surface area (Å²) in [5, 5.41) is 12.0. The van der Waals surface area contributed by atoms with Crippen LogP contribution >= 0.6 is 11.6 Å². The standard InChI is InChI=1S/C17H14ClFO2/c1-17(20,10-11-5-7-13(19)8-6-11)15-9-12-3-2-4-14(18)16(12)21-15/h2-9,20H,10H2,1H3. The van der Waals surface area contributed by atoms with E-state index in [1.165, 1.54) is 12.1 Å². The lowest BCUT2D eigenvalue weighted by atomic mass is 9.94. The van der Waals surface area contributed by atoms with E-state index in [0.717, 1.165) is 10.9 Å². The summed E-state index contributed by atoms with van der Waals surface area (Å²) in [7, 11) is 0. The molecule has 0 aliphatic carbocycles. The summed E-state index contributed by atoms with van der Waals surface area (Å²) >= 11 is 6.08. The lowest BCUT2D eigenvalue weighted by molar-refractivity contribution is 0.0360. The first-order valence-corrected chi connectivity index (χ1v) is 6.99. The summed E-state index contributed by atoms with van der Waals surface area (Å²) in [6.07, 6.45) is 0.324. The van der Waals surface area contributed by atoms with E-state index in [1.807, 2.05) is 12.1 Å². The summed E-state index contributed by atoms with van der Waals surface area (Å²) in [5.74, 6) is 0.142. The van der Waals surface area contributed by atoms with Crippen molar-refractivity contribution in [2.75, 3.05) is 0 Å². The number of fused-ring (bicyclic) bond motifs is 1. The van der Waals surface area contributed by atoms with E-state index < -0.39 is 5.60 Å². The average molecular weight is 305 g/mol. The van der Waals surface area contributed by atoms with Crippen molar-refractivity contribution in [2.24, 2.45) is 0 Å². The number of furan rings is 1. The first-order chi connectivity index (χ1) is 9.95. The van der Waals surface area contributed by atoms with E-state index in [0.29, 0.717) is 22.8 Å². The van der Waals surface area contributed by atoms with Crippen molar-refractivity contribution in [3.8, 4) is 0 Å². The van der Waals surface area contributed by atoms with Crippen LogP contribution in [0, 0.1) is 5.82 Å². The molecule has 21 heavy (non-hydrogen) atoms. The van der Waals surface area contributed by atoms with Crippen molar-refractivity contribution in [2.45, 2.75) is 18.9 Å². The highest BCUT2D eigenvalue weighted by molar-refractivity contribution is 6.34. The fraction of sp³-hybridized carbons (Fsp3) is 0.176. The van der Waals surface area contributed by atoms with Gasteiger partial charge in [0.05, 0.1) is 5.02 Å². The monoisotopic (exact) mass is 304 g/mol. The van der Waals surface area contributed by atoms with Crippen LogP contribution in [0.2, 0.25) is 5.02 Å². The van der Waals surface area contributed by atoms with Gasteiger partial charge in [0, 0.05) is 11.8 Å². The highest BCUT2D eigenvalue weighted by Gasteiger charge is 2.28. The Morgan fingerprint density at radius 1 is 1.19 bits per heavy atom. The van der Waals surface area contributed by atoms with Crippen LogP contribution in [-0.2, 0) is 12.0 Å². The average Bonchev–Trinajstić information content (AvgIpc) is 2.88. The van der Waals surface area contributed by atoms with Crippen LogP contribution in [0.25, 0.3) is 11.0 Å². The molecular weight excluding hydrogens is 291 g/mol. The Hall–Kier alpha value is -1.84. The topological polar surface area (TPSA) is 33.4 Å². The van der Waals surface area contributed by atoms with Crippen LogP contribution in [0.5, 0.6) is 0 Å². The second-order valence-electron chi connectivity index (χ2n) is 5.35. The number of halogens is 2. The minimum Gasteiger partial charge on any atom is -0.456 e. The number of aliphatic hydroxyl groups is 1. The largest absolute Gasteiger partial charge is 0.456 e. The molecule has 2 nitrogen and oxygen atoms in total. The Balaban J connectivity index is 1.95. The Morgan fingerprint density at radius 2 is 1.90 bits per heavy atom. The number of hydrogen-bond donors (Lipinski definition) is 1. The van der Waals surface area contributed by atoms with Crippen LogP contribution in [0.3, 0.4) is 0 Å². The zero-order chi connectivity index (χ0) is 15.0. The van der Waals surface area contributed by atoms with Gasteiger partial charge in [-0.3, -0.25) is 0 Å². The molecule has 1 atom stereocenters. The molecule has 1 heterocycles. The van der Waals surface area contributed by atoms with E-state index in [4.69, 9.17) is 16.0 Å². The molecule has 0 radical (unpaired) electrons. The van der Waals surface area contributed by atoms with Gasteiger partial charge in [0.25, 0.3) is 0 Å². The summed E-state index contributed by atoms with van der Waals surface area (Å²) in [6, 6.07) is 13.3. The van der Waals surface area contributed by atoms with Gasteiger partial charge in [-0.1, -0.05) is 35.9 Å². The molecule has 0 saturated heterocycles. The molecular formula is C17H14ClFO2. The van der Waals surface area contributed by atoms with Crippen molar-refractivity contribution < 1.29 is 13.9 Å². The zero-order valence-electron chi connectivity index (χ0n) is 11.4. The van der Waals surface area contributed by atoms with E-state index in [1.54, 1.807) is 31.2 Å². The lowest BCUT2D eigenvalue weighted by Gasteiger charge is -2.20. The molecule has 0 bridgehead atoms. The predicted octanol–water partition coefficient (Wildman–Crippen LogP) is 4.68. The maximum Gasteiger partial charge on any atom is 0.153 e. The normalized spacial score (nSPS) is 14.3. The quantitative estimate of drug-likeness (QED) is 0.762. The second-order valence-corrected chi connectivity index (χ2v) is 5.75. The highest BCUT2D eigenvalue weighted by atomic mass is 35.5. The van der Waals surface area contributed by atoms with Crippen molar-refractivity contribution in [1.82, 2.24) is 0 Å². The molecule has 0 amide bonds. The maximum atomic E-state index is 12.9. The van der Waals surface area contributed by atoms with Gasteiger partial charge >= 0.3 is 0 Å². The van der Waals surface area contributed by atoms with Gasteiger partial charge in [-0.05, 0) is 36.8 Å². The van der Waals surface area contributed by atoms with Crippen LogP contribution < -0.4 is 0 Å². The number of rotatable bonds is 3. The van der Waals surface area contributed by atoms with Crippen molar-refractivity contribution in [3.05, 3.63) is 70.7 Å². The molecule has 0 spiro atoms. The number of hydrogen-bond acceptors (Lipinski definition) is 2. The fourth-order valence-corrected chi connectivity index (χ4v) is 2.60. The third-order valence-electron chi connectivity index (χ3n) is 3.49. The van der Waals surface area contributed by atoms with Gasteiger partial charge in [-0.2, -0.15) is 0 Å². The number of benzene rings is 2. The first-order valence-electron chi connectivity index (χ1n) is 6.61.